The third-order valence-electron chi connectivity index (χ3n) is 4.20. The number of carbonyl (C=O) groups is 3. The monoisotopic (exact) mass is 356 g/mol. The van der Waals surface area contributed by atoms with Gasteiger partial charge in [-0.1, -0.05) is 25.5 Å². The largest absolute Gasteiger partial charge is 0.465 e. The first-order valence-corrected chi connectivity index (χ1v) is 8.56. The molecule has 0 saturated carbocycles. The van der Waals surface area contributed by atoms with Gasteiger partial charge in [-0.05, 0) is 43.5 Å². The lowest BCUT2D eigenvalue weighted by molar-refractivity contribution is 0.0600. The van der Waals surface area contributed by atoms with Crippen LogP contribution in [0.25, 0.3) is 0 Å². The predicted octanol–water partition coefficient (Wildman–Crippen LogP) is 3.19. The fraction of sp³-hybridized carbons (Fsp3) is 0.350. The molecule has 1 amide bonds. The Kier molecular flexibility index (Phi) is 6.33. The van der Waals surface area contributed by atoms with Crippen LogP contribution in [0, 0.1) is 6.92 Å². The summed E-state index contributed by atoms with van der Waals surface area (Å²) in [4.78, 5) is 39.0. The number of aryl methyl sites for hydroxylation is 1. The molecular weight excluding hydrogens is 332 g/mol. The van der Waals surface area contributed by atoms with Crippen molar-refractivity contribution in [3.05, 3.63) is 57.9 Å². The van der Waals surface area contributed by atoms with Crippen molar-refractivity contribution in [1.82, 2.24) is 10.3 Å². The van der Waals surface area contributed by atoms with Crippen molar-refractivity contribution < 1.29 is 19.1 Å². The molecule has 0 saturated heterocycles. The highest BCUT2D eigenvalue weighted by molar-refractivity contribution is 6.02. The second-order valence-corrected chi connectivity index (χ2v) is 6.16. The molecule has 26 heavy (non-hydrogen) atoms. The first kappa shape index (κ1) is 19.4. The number of hydrogen-bond acceptors (Lipinski definition) is 4. The number of rotatable bonds is 7. The molecule has 0 spiro atoms. The number of ether oxygens (including phenoxy) is 1. The van der Waals surface area contributed by atoms with Gasteiger partial charge in [0.2, 0.25) is 0 Å². The number of Topliss-reactive ketones (excluding diaryl/α,β-unsaturated/α-hetero) is 1. The van der Waals surface area contributed by atoms with Gasteiger partial charge in [0.05, 0.1) is 12.7 Å². The molecule has 0 radical (unpaired) electrons. The van der Waals surface area contributed by atoms with Crippen LogP contribution in [0.15, 0.2) is 24.3 Å². The Morgan fingerprint density at radius 3 is 2.35 bits per heavy atom. The van der Waals surface area contributed by atoms with E-state index in [2.05, 4.69) is 15.0 Å². The molecule has 2 aromatic rings. The average Bonchev–Trinajstić information content (AvgIpc) is 2.96. The maximum atomic E-state index is 12.6. The van der Waals surface area contributed by atoms with Crippen LogP contribution in [0.4, 0.5) is 0 Å². The van der Waals surface area contributed by atoms with E-state index in [0.717, 1.165) is 17.5 Å². The summed E-state index contributed by atoms with van der Waals surface area (Å²) in [6.45, 7) is 5.65. The summed E-state index contributed by atoms with van der Waals surface area (Å²) in [5, 5.41) is 2.86. The fourth-order valence-electron chi connectivity index (χ4n) is 2.99. The van der Waals surface area contributed by atoms with Crippen molar-refractivity contribution in [2.45, 2.75) is 40.2 Å². The number of hydrogen-bond donors (Lipinski definition) is 2. The number of methoxy groups -OCH3 is 1. The minimum atomic E-state index is -0.400. The average molecular weight is 356 g/mol. The molecule has 0 aliphatic heterocycles. The Balaban J connectivity index is 2.14. The molecule has 2 rings (SSSR count). The normalized spacial score (nSPS) is 10.5. The Morgan fingerprint density at radius 2 is 1.81 bits per heavy atom. The van der Waals surface area contributed by atoms with E-state index in [4.69, 9.17) is 0 Å². The van der Waals surface area contributed by atoms with Crippen molar-refractivity contribution in [3.8, 4) is 0 Å². The van der Waals surface area contributed by atoms with Crippen LogP contribution in [0.2, 0.25) is 0 Å². The van der Waals surface area contributed by atoms with Gasteiger partial charge in [0, 0.05) is 17.8 Å². The van der Waals surface area contributed by atoms with E-state index in [1.807, 2.05) is 6.92 Å². The Bertz CT molecular complexity index is 819. The maximum Gasteiger partial charge on any atom is 0.337 e. The molecule has 0 aliphatic rings. The maximum absolute atomic E-state index is 12.6. The van der Waals surface area contributed by atoms with Crippen molar-refractivity contribution >= 4 is 17.7 Å². The molecule has 0 aliphatic carbocycles. The fourth-order valence-corrected chi connectivity index (χ4v) is 2.99. The third kappa shape index (κ3) is 4.20. The molecule has 2 N–H and O–H groups in total. The van der Waals surface area contributed by atoms with Gasteiger partial charge in [-0.2, -0.15) is 0 Å². The lowest BCUT2D eigenvalue weighted by Gasteiger charge is -2.08. The number of ketones is 1. The number of nitrogens with one attached hydrogen (secondary N) is 2. The SMILES string of the molecule is CCCc1c(C(=O)NCc2ccc(C(=O)OC)cc2)[nH]c(C)c1C(C)=O. The number of aromatic amines is 1. The summed E-state index contributed by atoms with van der Waals surface area (Å²) >= 11 is 0. The molecule has 138 valence electrons. The summed E-state index contributed by atoms with van der Waals surface area (Å²) < 4.78 is 4.66. The van der Waals surface area contributed by atoms with Crippen molar-refractivity contribution in [2.24, 2.45) is 0 Å². The van der Waals surface area contributed by atoms with E-state index in [1.54, 1.807) is 31.2 Å². The van der Waals surface area contributed by atoms with Gasteiger partial charge in [0.25, 0.3) is 5.91 Å². The number of amides is 1. The Hall–Kier alpha value is -2.89. The number of carbonyl (C=O) groups excluding carboxylic acids is 3. The minimum absolute atomic E-state index is 0.0420. The number of aromatic nitrogens is 1. The first-order valence-electron chi connectivity index (χ1n) is 8.56. The second-order valence-electron chi connectivity index (χ2n) is 6.16. The van der Waals surface area contributed by atoms with E-state index in [9.17, 15) is 14.4 Å². The molecule has 6 heteroatoms. The van der Waals surface area contributed by atoms with Crippen LogP contribution >= 0.6 is 0 Å². The van der Waals surface area contributed by atoms with Gasteiger partial charge in [-0.25, -0.2) is 4.79 Å². The van der Waals surface area contributed by atoms with Crippen LogP contribution in [0.5, 0.6) is 0 Å². The van der Waals surface area contributed by atoms with Crippen molar-refractivity contribution in [3.63, 3.8) is 0 Å². The molecule has 1 aromatic carbocycles. The van der Waals surface area contributed by atoms with Gasteiger partial charge < -0.3 is 15.0 Å². The topological polar surface area (TPSA) is 88.3 Å². The van der Waals surface area contributed by atoms with Crippen LogP contribution in [-0.2, 0) is 17.7 Å². The number of H-pyrrole nitrogens is 1. The lowest BCUT2D eigenvalue weighted by Crippen LogP contribution is -2.24. The van der Waals surface area contributed by atoms with Crippen LogP contribution in [0.1, 0.15) is 68.3 Å². The second kappa shape index (κ2) is 8.47. The van der Waals surface area contributed by atoms with Gasteiger partial charge in [-0.3, -0.25) is 9.59 Å². The minimum Gasteiger partial charge on any atom is -0.465 e. The highest BCUT2D eigenvalue weighted by atomic mass is 16.5. The number of esters is 1. The highest BCUT2D eigenvalue weighted by Crippen LogP contribution is 2.21. The van der Waals surface area contributed by atoms with E-state index in [1.165, 1.54) is 14.0 Å². The van der Waals surface area contributed by atoms with Gasteiger partial charge in [0.1, 0.15) is 5.69 Å². The Labute approximate surface area is 152 Å². The van der Waals surface area contributed by atoms with Crippen molar-refractivity contribution in [1.29, 1.82) is 0 Å². The van der Waals surface area contributed by atoms with Gasteiger partial charge in [-0.15, -0.1) is 0 Å². The molecule has 0 bridgehead atoms. The summed E-state index contributed by atoms with van der Waals surface area (Å²) in [5.41, 5.74) is 3.86. The molecule has 0 atom stereocenters. The van der Waals surface area contributed by atoms with Gasteiger partial charge >= 0.3 is 5.97 Å². The zero-order valence-corrected chi connectivity index (χ0v) is 15.6. The Morgan fingerprint density at radius 1 is 1.15 bits per heavy atom. The van der Waals surface area contributed by atoms with E-state index in [-0.39, 0.29) is 11.7 Å². The van der Waals surface area contributed by atoms with Crippen molar-refractivity contribution in [2.75, 3.05) is 7.11 Å². The highest BCUT2D eigenvalue weighted by Gasteiger charge is 2.22. The predicted molar refractivity (Wildman–Crippen MR) is 98.5 cm³/mol. The quantitative estimate of drug-likeness (QED) is 0.589. The zero-order valence-electron chi connectivity index (χ0n) is 15.6. The van der Waals surface area contributed by atoms with E-state index in [0.29, 0.717) is 35.5 Å². The lowest BCUT2D eigenvalue weighted by atomic mass is 10.0. The summed E-state index contributed by atoms with van der Waals surface area (Å²) in [6.07, 6.45) is 1.50. The molecule has 1 aromatic heterocycles. The molecule has 1 heterocycles. The molecule has 6 nitrogen and oxygen atoms in total. The summed E-state index contributed by atoms with van der Waals surface area (Å²) in [5.74, 6) is -0.691. The zero-order chi connectivity index (χ0) is 19.3. The van der Waals surface area contributed by atoms with Crippen LogP contribution in [-0.4, -0.2) is 29.8 Å². The number of benzene rings is 1. The van der Waals surface area contributed by atoms with Gasteiger partial charge in [0.15, 0.2) is 5.78 Å². The molecule has 0 unspecified atom stereocenters. The molecule has 0 fully saturated rings. The first-order chi connectivity index (χ1) is 12.4. The van der Waals surface area contributed by atoms with E-state index < -0.39 is 5.97 Å². The summed E-state index contributed by atoms with van der Waals surface area (Å²) in [7, 11) is 1.33. The molecular formula is C20H24N2O4. The summed E-state index contributed by atoms with van der Waals surface area (Å²) in [6, 6.07) is 6.84. The standard InChI is InChI=1S/C20H24N2O4/c1-5-6-16-17(13(3)23)12(2)22-18(16)19(24)21-11-14-7-9-15(10-8-14)20(25)26-4/h7-10,22H,5-6,11H2,1-4H3,(H,21,24). The third-order valence-corrected chi connectivity index (χ3v) is 4.20. The van der Waals surface area contributed by atoms with E-state index >= 15 is 0 Å². The smallest absolute Gasteiger partial charge is 0.337 e. The van der Waals surface area contributed by atoms with Crippen LogP contribution in [0.3, 0.4) is 0 Å². The van der Waals surface area contributed by atoms with Crippen LogP contribution < -0.4 is 5.32 Å².